The Balaban J connectivity index is 1.75. The third kappa shape index (κ3) is 2.88. The van der Waals surface area contributed by atoms with Crippen molar-refractivity contribution in [1.29, 1.82) is 0 Å². The van der Waals surface area contributed by atoms with E-state index in [2.05, 4.69) is 0 Å². The lowest BCUT2D eigenvalue weighted by Crippen LogP contribution is -2.68. The van der Waals surface area contributed by atoms with Crippen molar-refractivity contribution in [3.8, 4) is 5.75 Å². The van der Waals surface area contributed by atoms with Gasteiger partial charge in [-0.05, 0) is 37.5 Å². The summed E-state index contributed by atoms with van der Waals surface area (Å²) in [6.07, 6.45) is -0.323. The molecule has 0 radical (unpaired) electrons. The van der Waals surface area contributed by atoms with Crippen LogP contribution in [0.25, 0.3) is 0 Å². The highest BCUT2D eigenvalue weighted by molar-refractivity contribution is 5.84. The summed E-state index contributed by atoms with van der Waals surface area (Å²) in [4.78, 5) is 26.3. The quantitative estimate of drug-likeness (QED) is 0.309. The van der Waals surface area contributed by atoms with Crippen LogP contribution in [0.1, 0.15) is 30.5 Å². The van der Waals surface area contributed by atoms with E-state index in [0.717, 1.165) is 17.7 Å². The number of hydrogen-bond acceptors (Lipinski definition) is 8. The second-order valence-corrected chi connectivity index (χ2v) is 8.46. The van der Waals surface area contributed by atoms with Crippen LogP contribution in [-0.4, -0.2) is 49.1 Å². The maximum absolute atomic E-state index is 13.2. The molecule has 1 fully saturated rings. The number of ether oxygens (including phenoxy) is 4. The molecule has 2 aromatic carbocycles. The fourth-order valence-corrected chi connectivity index (χ4v) is 5.32. The topological polar surface area (TPSA) is 100 Å². The molecule has 32 heavy (non-hydrogen) atoms. The highest BCUT2D eigenvalue weighted by Crippen LogP contribution is 2.52. The minimum Gasteiger partial charge on any atom is -0.478 e. The van der Waals surface area contributed by atoms with E-state index in [9.17, 15) is 14.9 Å². The van der Waals surface area contributed by atoms with Crippen molar-refractivity contribution in [1.82, 2.24) is 0 Å². The molecule has 9 heteroatoms. The van der Waals surface area contributed by atoms with Crippen LogP contribution in [0.3, 0.4) is 0 Å². The number of rotatable bonds is 4. The molecular formula is C23H24N2O7. The smallest absolute Gasteiger partial charge is 0.329 e. The van der Waals surface area contributed by atoms with Gasteiger partial charge >= 0.3 is 5.97 Å². The second-order valence-electron chi connectivity index (χ2n) is 8.46. The molecular weight excluding hydrogens is 416 g/mol. The van der Waals surface area contributed by atoms with Gasteiger partial charge in [-0.1, -0.05) is 18.2 Å². The van der Waals surface area contributed by atoms with Crippen LogP contribution in [0.15, 0.2) is 42.5 Å². The Bertz CT molecular complexity index is 1090. The second kappa shape index (κ2) is 7.46. The minimum absolute atomic E-state index is 0.0523. The zero-order valence-corrected chi connectivity index (χ0v) is 18.0. The Hall–Kier alpha value is -3.17. The van der Waals surface area contributed by atoms with Gasteiger partial charge in [0, 0.05) is 37.6 Å². The largest absolute Gasteiger partial charge is 0.478 e. The molecule has 3 aliphatic heterocycles. The third-order valence-corrected chi connectivity index (χ3v) is 6.71. The number of methoxy groups -OCH3 is 2. The van der Waals surface area contributed by atoms with Gasteiger partial charge < -0.3 is 23.8 Å². The van der Waals surface area contributed by atoms with Gasteiger partial charge in [-0.3, -0.25) is 10.1 Å². The molecule has 2 aromatic rings. The molecule has 9 nitrogen and oxygen atoms in total. The zero-order valence-electron chi connectivity index (χ0n) is 18.0. The predicted octanol–water partition coefficient (Wildman–Crippen LogP) is 3.15. The summed E-state index contributed by atoms with van der Waals surface area (Å²) < 4.78 is 23.4. The number of carbonyl (C=O) groups excluding carboxylic acids is 1. The number of nitrogens with zero attached hydrogens (tertiary/aromatic N) is 2. The first-order chi connectivity index (χ1) is 15.4. The van der Waals surface area contributed by atoms with E-state index in [1.54, 1.807) is 13.0 Å². The fraction of sp³-hybridized carbons (Fsp3) is 0.435. The van der Waals surface area contributed by atoms with Crippen LogP contribution in [-0.2, 0) is 25.4 Å². The van der Waals surface area contributed by atoms with Gasteiger partial charge in [-0.2, -0.15) is 0 Å². The van der Waals surface area contributed by atoms with Crippen molar-refractivity contribution in [3.05, 3.63) is 63.7 Å². The lowest BCUT2D eigenvalue weighted by Gasteiger charge is -2.56. The first-order valence-electron chi connectivity index (χ1n) is 10.5. The first-order valence-corrected chi connectivity index (χ1v) is 10.5. The lowest BCUT2D eigenvalue weighted by atomic mass is 9.79. The molecule has 0 saturated carbocycles. The maximum Gasteiger partial charge on any atom is 0.329 e. The number of anilines is 1. The fourth-order valence-electron chi connectivity index (χ4n) is 5.32. The van der Waals surface area contributed by atoms with Crippen molar-refractivity contribution in [2.45, 2.75) is 49.8 Å². The molecule has 0 N–H and O–H groups in total. The van der Waals surface area contributed by atoms with E-state index in [4.69, 9.17) is 18.9 Å². The van der Waals surface area contributed by atoms with Crippen molar-refractivity contribution >= 4 is 17.3 Å². The number of para-hydroxylation sites is 1. The molecule has 1 unspecified atom stereocenters. The van der Waals surface area contributed by atoms with Crippen LogP contribution in [0, 0.1) is 10.1 Å². The van der Waals surface area contributed by atoms with E-state index in [0.29, 0.717) is 17.7 Å². The van der Waals surface area contributed by atoms with Crippen molar-refractivity contribution < 1.29 is 28.7 Å². The number of carbonyl (C=O) groups is 1. The Kier molecular flexibility index (Phi) is 4.83. The van der Waals surface area contributed by atoms with Crippen LogP contribution in [0.4, 0.5) is 11.4 Å². The third-order valence-electron chi connectivity index (χ3n) is 6.71. The number of non-ortho nitro benzene ring substituents is 1. The van der Waals surface area contributed by atoms with E-state index in [1.807, 2.05) is 29.2 Å². The molecule has 3 heterocycles. The number of fused-ring (bicyclic) bond motifs is 7. The molecule has 0 spiro atoms. The summed E-state index contributed by atoms with van der Waals surface area (Å²) in [5.41, 5.74) is 1.39. The zero-order chi connectivity index (χ0) is 22.6. The van der Waals surface area contributed by atoms with Gasteiger partial charge in [-0.25, -0.2) is 4.79 Å². The Morgan fingerprint density at radius 2 is 1.97 bits per heavy atom. The van der Waals surface area contributed by atoms with Gasteiger partial charge in [0.2, 0.25) is 6.29 Å². The molecule has 168 valence electrons. The molecule has 5 rings (SSSR count). The number of aryl methyl sites for hydroxylation is 1. The Morgan fingerprint density at radius 1 is 1.22 bits per heavy atom. The SMILES string of the molecule is COC(OC)[C@]1(C)Oc2ccc([N+](=O)[O-])cc2[C@@H]2[C@H]1OC(=O)C1CCc3ccccc3N12. The van der Waals surface area contributed by atoms with Crippen LogP contribution in [0.5, 0.6) is 5.75 Å². The van der Waals surface area contributed by atoms with Gasteiger partial charge in [0.15, 0.2) is 11.7 Å². The van der Waals surface area contributed by atoms with Crippen LogP contribution >= 0.6 is 0 Å². The average Bonchev–Trinajstić information content (AvgIpc) is 2.79. The number of nitro groups is 1. The maximum atomic E-state index is 13.2. The first kappa shape index (κ1) is 20.7. The number of hydrogen-bond donors (Lipinski definition) is 0. The molecule has 1 saturated heterocycles. The summed E-state index contributed by atoms with van der Waals surface area (Å²) in [5, 5.41) is 11.5. The normalized spacial score (nSPS) is 28.1. The van der Waals surface area contributed by atoms with E-state index < -0.39 is 35.0 Å². The summed E-state index contributed by atoms with van der Waals surface area (Å²) in [6, 6.07) is 11.4. The molecule has 0 aliphatic carbocycles. The lowest BCUT2D eigenvalue weighted by molar-refractivity contribution is -0.385. The van der Waals surface area contributed by atoms with Crippen LogP contribution < -0.4 is 9.64 Å². The van der Waals surface area contributed by atoms with Gasteiger partial charge in [0.05, 0.1) is 4.92 Å². The summed E-state index contributed by atoms with van der Waals surface area (Å²) in [6.45, 7) is 1.77. The molecule has 4 atom stereocenters. The van der Waals surface area contributed by atoms with Crippen molar-refractivity contribution in [2.24, 2.45) is 0 Å². The van der Waals surface area contributed by atoms with Gasteiger partial charge in [0.1, 0.15) is 17.8 Å². The number of morpholine rings is 1. The predicted molar refractivity (Wildman–Crippen MR) is 114 cm³/mol. The highest BCUT2D eigenvalue weighted by Gasteiger charge is 2.61. The molecule has 0 amide bonds. The number of nitro benzene ring substituents is 1. The summed E-state index contributed by atoms with van der Waals surface area (Å²) in [5.74, 6) is 0.119. The molecule has 0 aromatic heterocycles. The number of benzene rings is 2. The van der Waals surface area contributed by atoms with E-state index in [1.165, 1.54) is 26.4 Å². The Morgan fingerprint density at radius 3 is 2.69 bits per heavy atom. The molecule has 0 bridgehead atoms. The monoisotopic (exact) mass is 440 g/mol. The van der Waals surface area contributed by atoms with Crippen molar-refractivity contribution in [2.75, 3.05) is 19.1 Å². The minimum atomic E-state index is -1.19. The number of esters is 1. The highest BCUT2D eigenvalue weighted by atomic mass is 16.7. The van der Waals surface area contributed by atoms with Gasteiger partial charge in [0.25, 0.3) is 5.69 Å². The molecule has 3 aliphatic rings. The van der Waals surface area contributed by atoms with Gasteiger partial charge in [-0.15, -0.1) is 0 Å². The standard InChI is InChI=1S/C23H24N2O7/c1-23(22(29-2)30-3)20-19(15-12-14(25(27)28)9-11-18(15)32-23)24-16-7-5-4-6-13(16)8-10-17(24)21(26)31-20/h4-7,9,11-12,17,19-20,22H,8,10H2,1-3H3/t17?,19-,20-,23-/m1/s1. The summed E-state index contributed by atoms with van der Waals surface area (Å²) in [7, 11) is 2.99. The van der Waals surface area contributed by atoms with Crippen molar-refractivity contribution in [3.63, 3.8) is 0 Å². The average molecular weight is 440 g/mol. The van der Waals surface area contributed by atoms with Crippen LogP contribution in [0.2, 0.25) is 0 Å². The van der Waals surface area contributed by atoms with E-state index in [-0.39, 0.29) is 11.7 Å². The Labute approximate surface area is 185 Å². The summed E-state index contributed by atoms with van der Waals surface area (Å²) >= 11 is 0. The van der Waals surface area contributed by atoms with E-state index >= 15 is 0 Å².